The van der Waals surface area contributed by atoms with Crippen molar-refractivity contribution in [2.75, 3.05) is 20.8 Å². The van der Waals surface area contributed by atoms with E-state index in [9.17, 15) is 23.5 Å². The number of aliphatic carboxylic acids is 1. The van der Waals surface area contributed by atoms with Gasteiger partial charge in [-0.25, -0.2) is 0 Å². The van der Waals surface area contributed by atoms with Gasteiger partial charge >= 0.3 is 6.61 Å². The highest BCUT2D eigenvalue weighted by Gasteiger charge is 2.15. The van der Waals surface area contributed by atoms with Crippen LogP contribution in [-0.4, -0.2) is 39.2 Å². The van der Waals surface area contributed by atoms with Crippen LogP contribution in [0.4, 0.5) is 8.78 Å². The Kier molecular flexibility index (Phi) is 7.53. The maximum absolute atomic E-state index is 12.7. The van der Waals surface area contributed by atoms with Crippen LogP contribution < -0.4 is 24.1 Å². The van der Waals surface area contributed by atoms with Crippen LogP contribution in [-0.2, 0) is 4.79 Å². The molecule has 0 atom stereocenters. The van der Waals surface area contributed by atoms with Crippen molar-refractivity contribution in [2.45, 2.75) is 6.61 Å². The minimum atomic E-state index is -3.06. The monoisotopic (exact) mass is 407 g/mol. The van der Waals surface area contributed by atoms with E-state index in [-0.39, 0.29) is 34.1 Å². The highest BCUT2D eigenvalue weighted by atomic mass is 19.3. The van der Waals surface area contributed by atoms with Crippen LogP contribution in [0, 0.1) is 0 Å². The molecule has 9 heteroatoms. The zero-order valence-electron chi connectivity index (χ0n) is 15.5. The summed E-state index contributed by atoms with van der Waals surface area (Å²) in [7, 11) is 2.64. The molecular formula is C20H17F2O7-. The number of halogens is 2. The number of carboxylic acids is 1. The van der Waals surface area contributed by atoms with Crippen LogP contribution in [0.3, 0.4) is 0 Å². The number of para-hydroxylation sites is 1. The quantitative estimate of drug-likeness (QED) is 0.441. The normalized spacial score (nSPS) is 10.8. The van der Waals surface area contributed by atoms with Gasteiger partial charge in [-0.15, -0.1) is 0 Å². The second kappa shape index (κ2) is 10.1. The number of rotatable bonds is 10. The first-order valence-corrected chi connectivity index (χ1v) is 8.20. The van der Waals surface area contributed by atoms with E-state index in [1.807, 2.05) is 0 Å². The maximum Gasteiger partial charge on any atom is 0.387 e. The highest BCUT2D eigenvalue weighted by Crippen LogP contribution is 2.33. The molecule has 0 N–H and O–H groups in total. The van der Waals surface area contributed by atoms with Gasteiger partial charge in [0, 0.05) is 11.1 Å². The summed E-state index contributed by atoms with van der Waals surface area (Å²) in [6, 6.07) is 8.64. The van der Waals surface area contributed by atoms with E-state index in [2.05, 4.69) is 4.74 Å². The molecule has 2 aromatic rings. The van der Waals surface area contributed by atoms with Crippen molar-refractivity contribution < 1.29 is 42.4 Å². The number of methoxy groups -OCH3 is 2. The van der Waals surface area contributed by atoms with Gasteiger partial charge in [-0.3, -0.25) is 4.79 Å². The van der Waals surface area contributed by atoms with Gasteiger partial charge in [-0.1, -0.05) is 12.1 Å². The molecule has 0 aliphatic rings. The molecule has 2 aromatic carbocycles. The number of carbonyl (C=O) groups is 2. The van der Waals surface area contributed by atoms with Crippen LogP contribution >= 0.6 is 0 Å². The summed E-state index contributed by atoms with van der Waals surface area (Å²) in [4.78, 5) is 22.9. The Bertz CT molecular complexity index is 910. The van der Waals surface area contributed by atoms with Crippen molar-refractivity contribution in [1.82, 2.24) is 0 Å². The fraction of sp³-hybridized carbons (Fsp3) is 0.200. The fourth-order valence-corrected chi connectivity index (χ4v) is 2.38. The summed E-state index contributed by atoms with van der Waals surface area (Å²) in [6.07, 6.45) is 2.49. The fourth-order valence-electron chi connectivity index (χ4n) is 2.38. The number of alkyl halides is 2. The molecule has 2 rings (SSSR count). The molecule has 0 saturated heterocycles. The molecule has 0 aliphatic carbocycles. The number of carbonyl (C=O) groups excluding carboxylic acids is 2. The van der Waals surface area contributed by atoms with E-state index in [1.165, 1.54) is 56.7 Å². The molecule has 0 saturated carbocycles. The van der Waals surface area contributed by atoms with Gasteiger partial charge in [0.05, 0.1) is 20.2 Å². The lowest BCUT2D eigenvalue weighted by Crippen LogP contribution is -2.29. The predicted molar refractivity (Wildman–Crippen MR) is 96.5 cm³/mol. The van der Waals surface area contributed by atoms with E-state index >= 15 is 0 Å². The molecule has 0 heterocycles. The summed E-state index contributed by atoms with van der Waals surface area (Å²) >= 11 is 0. The van der Waals surface area contributed by atoms with Crippen molar-refractivity contribution in [3.8, 4) is 23.0 Å². The molecule has 0 fully saturated rings. The Hall–Kier alpha value is -3.62. The van der Waals surface area contributed by atoms with Crippen molar-refractivity contribution in [3.05, 3.63) is 53.6 Å². The smallest absolute Gasteiger partial charge is 0.387 e. The second-order valence-electron chi connectivity index (χ2n) is 5.48. The molecule has 0 radical (unpaired) electrons. The summed E-state index contributed by atoms with van der Waals surface area (Å²) in [6.45, 7) is -3.74. The van der Waals surface area contributed by atoms with Crippen LogP contribution in [0.5, 0.6) is 23.0 Å². The van der Waals surface area contributed by atoms with Crippen molar-refractivity contribution in [3.63, 3.8) is 0 Å². The Balaban J connectivity index is 2.26. The molecule has 29 heavy (non-hydrogen) atoms. The Morgan fingerprint density at radius 1 is 1.07 bits per heavy atom. The maximum atomic E-state index is 12.7. The molecule has 7 nitrogen and oxygen atoms in total. The Morgan fingerprint density at radius 2 is 1.79 bits per heavy atom. The first-order chi connectivity index (χ1) is 13.8. The Morgan fingerprint density at radius 3 is 2.41 bits per heavy atom. The molecule has 0 bridgehead atoms. The van der Waals surface area contributed by atoms with E-state index in [0.717, 1.165) is 0 Å². The van der Waals surface area contributed by atoms with Crippen LogP contribution in [0.2, 0.25) is 0 Å². The Labute approximate surface area is 165 Å². The van der Waals surface area contributed by atoms with Gasteiger partial charge in [0.15, 0.2) is 28.8 Å². The molecule has 0 spiro atoms. The average molecular weight is 407 g/mol. The summed E-state index contributed by atoms with van der Waals surface area (Å²) in [5.41, 5.74) is 0.428. The molecule has 0 aliphatic heterocycles. The van der Waals surface area contributed by atoms with Crippen molar-refractivity contribution in [2.24, 2.45) is 0 Å². The number of hydrogen-bond acceptors (Lipinski definition) is 7. The number of ether oxygens (including phenoxy) is 4. The van der Waals surface area contributed by atoms with Crippen LogP contribution in [0.15, 0.2) is 42.5 Å². The lowest BCUT2D eigenvalue weighted by Gasteiger charge is -2.12. The van der Waals surface area contributed by atoms with E-state index < -0.39 is 25.0 Å². The first-order valence-electron chi connectivity index (χ1n) is 8.20. The zero-order valence-corrected chi connectivity index (χ0v) is 15.5. The van der Waals surface area contributed by atoms with Crippen LogP contribution in [0.25, 0.3) is 6.08 Å². The average Bonchev–Trinajstić information content (AvgIpc) is 2.70. The van der Waals surface area contributed by atoms with Gasteiger partial charge in [-0.05, 0) is 36.4 Å². The topological polar surface area (TPSA) is 94.1 Å². The largest absolute Gasteiger partial charge is 0.546 e. The van der Waals surface area contributed by atoms with E-state index in [4.69, 9.17) is 14.2 Å². The second-order valence-corrected chi connectivity index (χ2v) is 5.48. The van der Waals surface area contributed by atoms with Crippen molar-refractivity contribution >= 4 is 17.8 Å². The lowest BCUT2D eigenvalue weighted by molar-refractivity contribution is -0.307. The summed E-state index contributed by atoms with van der Waals surface area (Å²) in [5.74, 6) is -1.70. The SMILES string of the molecule is COc1cc(C(=O)/C=C/c2cccc(OC)c2OC(F)F)ccc1OCC(=O)[O-]. The highest BCUT2D eigenvalue weighted by molar-refractivity contribution is 6.07. The zero-order chi connectivity index (χ0) is 21.4. The van der Waals surface area contributed by atoms with Gasteiger partial charge in [0.2, 0.25) is 0 Å². The third-order valence-corrected chi connectivity index (χ3v) is 3.64. The van der Waals surface area contributed by atoms with Gasteiger partial charge < -0.3 is 28.8 Å². The molecule has 0 aromatic heterocycles. The summed E-state index contributed by atoms with van der Waals surface area (Å²) in [5, 5.41) is 10.5. The summed E-state index contributed by atoms with van der Waals surface area (Å²) < 4.78 is 45.0. The number of benzene rings is 2. The van der Waals surface area contributed by atoms with Crippen molar-refractivity contribution in [1.29, 1.82) is 0 Å². The number of allylic oxidation sites excluding steroid dienone is 1. The van der Waals surface area contributed by atoms with Gasteiger partial charge in [-0.2, -0.15) is 8.78 Å². The standard InChI is InChI=1S/C20H18F2O7/c1-26-16-5-3-4-12(19(16)29-20(21)22)6-8-14(23)13-7-9-15(17(10-13)27-2)28-11-18(24)25/h3-10,20H,11H2,1-2H3,(H,24,25)/p-1/b8-6+. The number of ketones is 1. The van der Waals surface area contributed by atoms with Gasteiger partial charge in [0.25, 0.3) is 0 Å². The molecular weight excluding hydrogens is 390 g/mol. The minimum Gasteiger partial charge on any atom is -0.546 e. The lowest BCUT2D eigenvalue weighted by atomic mass is 10.1. The molecule has 0 unspecified atom stereocenters. The first kappa shape index (κ1) is 21.7. The van der Waals surface area contributed by atoms with E-state index in [0.29, 0.717) is 0 Å². The number of hydrogen-bond donors (Lipinski definition) is 0. The predicted octanol–water partition coefficient (Wildman–Crippen LogP) is 2.33. The third kappa shape index (κ3) is 5.93. The van der Waals surface area contributed by atoms with Crippen LogP contribution in [0.1, 0.15) is 15.9 Å². The number of carboxylic acid groups (broad SMARTS) is 1. The van der Waals surface area contributed by atoms with E-state index in [1.54, 1.807) is 6.07 Å². The van der Waals surface area contributed by atoms with Gasteiger partial charge in [0.1, 0.15) is 6.61 Å². The molecule has 154 valence electrons. The third-order valence-electron chi connectivity index (χ3n) is 3.64. The molecule has 0 amide bonds. The minimum absolute atomic E-state index is 0.0935.